The van der Waals surface area contributed by atoms with Crippen molar-refractivity contribution >= 4 is 5.82 Å². The molecule has 3 heteroatoms. The summed E-state index contributed by atoms with van der Waals surface area (Å²) in [6.45, 7) is 11.0. The van der Waals surface area contributed by atoms with Crippen molar-refractivity contribution in [1.29, 1.82) is 0 Å². The van der Waals surface area contributed by atoms with Crippen molar-refractivity contribution in [3.05, 3.63) is 23.4 Å². The number of piperidine rings is 1. The Kier molecular flexibility index (Phi) is 5.84. The van der Waals surface area contributed by atoms with Crippen LogP contribution in [-0.4, -0.2) is 24.6 Å². The normalized spacial score (nSPS) is 15.9. The SMILES string of the molecule is CCc1cc(CNCC(C)C)cc(N2CCCCC2)n1. The van der Waals surface area contributed by atoms with Crippen LogP contribution in [0.4, 0.5) is 5.82 Å². The second-order valence-electron chi connectivity index (χ2n) is 6.25. The van der Waals surface area contributed by atoms with E-state index in [1.807, 2.05) is 0 Å². The zero-order chi connectivity index (χ0) is 14.4. The summed E-state index contributed by atoms with van der Waals surface area (Å²) in [6, 6.07) is 4.53. The number of nitrogens with one attached hydrogen (secondary N) is 1. The lowest BCUT2D eigenvalue weighted by Crippen LogP contribution is -2.30. The standard InChI is InChI=1S/C17H29N3/c1-4-16-10-15(13-18-12-14(2)3)11-17(19-16)20-8-6-5-7-9-20/h10-11,14,18H,4-9,12-13H2,1-3H3. The summed E-state index contributed by atoms with van der Waals surface area (Å²) >= 11 is 0. The van der Waals surface area contributed by atoms with E-state index in [1.54, 1.807) is 0 Å². The molecule has 1 fully saturated rings. The largest absolute Gasteiger partial charge is 0.357 e. The molecular formula is C17H29N3. The maximum Gasteiger partial charge on any atom is 0.129 e. The van der Waals surface area contributed by atoms with E-state index in [1.165, 1.54) is 49.4 Å². The fourth-order valence-electron chi connectivity index (χ4n) is 2.71. The Balaban J connectivity index is 2.06. The first kappa shape index (κ1) is 15.3. The monoisotopic (exact) mass is 275 g/mol. The second-order valence-corrected chi connectivity index (χ2v) is 6.25. The van der Waals surface area contributed by atoms with Crippen molar-refractivity contribution in [3.63, 3.8) is 0 Å². The van der Waals surface area contributed by atoms with Crippen molar-refractivity contribution < 1.29 is 0 Å². The van der Waals surface area contributed by atoms with Gasteiger partial charge in [0.05, 0.1) is 0 Å². The third-order valence-electron chi connectivity index (χ3n) is 3.85. The fourth-order valence-corrected chi connectivity index (χ4v) is 2.71. The van der Waals surface area contributed by atoms with Crippen LogP contribution < -0.4 is 10.2 Å². The predicted octanol–water partition coefficient (Wildman–Crippen LogP) is 3.38. The number of aromatic nitrogens is 1. The van der Waals surface area contributed by atoms with Gasteiger partial charge in [0.25, 0.3) is 0 Å². The van der Waals surface area contributed by atoms with E-state index in [4.69, 9.17) is 4.98 Å². The van der Waals surface area contributed by atoms with Gasteiger partial charge in [-0.25, -0.2) is 4.98 Å². The van der Waals surface area contributed by atoms with Crippen LogP contribution in [0.15, 0.2) is 12.1 Å². The highest BCUT2D eigenvalue weighted by molar-refractivity contribution is 5.43. The van der Waals surface area contributed by atoms with Crippen molar-refractivity contribution in [2.45, 2.75) is 53.0 Å². The third-order valence-corrected chi connectivity index (χ3v) is 3.85. The van der Waals surface area contributed by atoms with Gasteiger partial charge in [0.2, 0.25) is 0 Å². The summed E-state index contributed by atoms with van der Waals surface area (Å²) in [7, 11) is 0. The first-order valence-electron chi connectivity index (χ1n) is 8.14. The molecule has 1 aromatic rings. The molecule has 0 radical (unpaired) electrons. The number of anilines is 1. The van der Waals surface area contributed by atoms with E-state index in [9.17, 15) is 0 Å². The molecule has 0 amide bonds. The maximum atomic E-state index is 4.82. The number of hydrogen-bond acceptors (Lipinski definition) is 3. The van der Waals surface area contributed by atoms with Crippen LogP contribution in [0, 0.1) is 5.92 Å². The molecule has 1 aliphatic heterocycles. The Morgan fingerprint density at radius 1 is 1.20 bits per heavy atom. The van der Waals surface area contributed by atoms with E-state index >= 15 is 0 Å². The van der Waals surface area contributed by atoms with Gasteiger partial charge in [-0.2, -0.15) is 0 Å². The topological polar surface area (TPSA) is 28.2 Å². The second kappa shape index (κ2) is 7.63. The molecule has 1 saturated heterocycles. The zero-order valence-corrected chi connectivity index (χ0v) is 13.3. The number of pyridine rings is 1. The molecule has 2 heterocycles. The number of aryl methyl sites for hydroxylation is 1. The minimum Gasteiger partial charge on any atom is -0.357 e. The van der Waals surface area contributed by atoms with Crippen LogP contribution in [0.5, 0.6) is 0 Å². The molecule has 0 unspecified atom stereocenters. The quantitative estimate of drug-likeness (QED) is 0.862. The number of nitrogens with zero attached hydrogens (tertiary/aromatic N) is 2. The van der Waals surface area contributed by atoms with Gasteiger partial charge >= 0.3 is 0 Å². The Morgan fingerprint density at radius 2 is 1.95 bits per heavy atom. The van der Waals surface area contributed by atoms with Crippen molar-refractivity contribution in [2.24, 2.45) is 5.92 Å². The number of hydrogen-bond donors (Lipinski definition) is 1. The molecule has 0 aromatic carbocycles. The summed E-state index contributed by atoms with van der Waals surface area (Å²) in [5.41, 5.74) is 2.59. The summed E-state index contributed by atoms with van der Waals surface area (Å²) in [5, 5.41) is 3.54. The Bertz CT molecular complexity index is 409. The molecule has 1 aromatic heterocycles. The van der Waals surface area contributed by atoms with E-state index in [2.05, 4.69) is 43.1 Å². The van der Waals surface area contributed by atoms with Gasteiger partial charge in [-0.3, -0.25) is 0 Å². The molecule has 20 heavy (non-hydrogen) atoms. The highest BCUT2D eigenvalue weighted by Gasteiger charge is 2.13. The molecule has 3 nitrogen and oxygen atoms in total. The van der Waals surface area contributed by atoms with Crippen LogP contribution in [-0.2, 0) is 13.0 Å². The lowest BCUT2D eigenvalue weighted by Gasteiger charge is -2.28. The Morgan fingerprint density at radius 3 is 2.60 bits per heavy atom. The van der Waals surface area contributed by atoms with Gasteiger partial charge in [0.15, 0.2) is 0 Å². The van der Waals surface area contributed by atoms with Gasteiger partial charge in [0.1, 0.15) is 5.82 Å². The summed E-state index contributed by atoms with van der Waals surface area (Å²) < 4.78 is 0. The highest BCUT2D eigenvalue weighted by Crippen LogP contribution is 2.20. The van der Waals surface area contributed by atoms with Crippen LogP contribution >= 0.6 is 0 Å². The zero-order valence-electron chi connectivity index (χ0n) is 13.3. The smallest absolute Gasteiger partial charge is 0.129 e. The van der Waals surface area contributed by atoms with Crippen LogP contribution in [0.1, 0.15) is 51.3 Å². The Labute approximate surface area is 123 Å². The van der Waals surface area contributed by atoms with E-state index < -0.39 is 0 Å². The molecule has 0 atom stereocenters. The summed E-state index contributed by atoms with van der Waals surface area (Å²) in [5.74, 6) is 1.88. The molecule has 1 aliphatic rings. The first-order chi connectivity index (χ1) is 9.69. The lowest BCUT2D eigenvalue weighted by atomic mass is 10.1. The maximum absolute atomic E-state index is 4.82. The molecule has 112 valence electrons. The van der Waals surface area contributed by atoms with Crippen LogP contribution in [0.3, 0.4) is 0 Å². The van der Waals surface area contributed by atoms with E-state index in [-0.39, 0.29) is 0 Å². The molecule has 1 N–H and O–H groups in total. The first-order valence-corrected chi connectivity index (χ1v) is 8.14. The van der Waals surface area contributed by atoms with Gasteiger partial charge in [-0.05, 0) is 55.8 Å². The predicted molar refractivity (Wildman–Crippen MR) is 86.2 cm³/mol. The third kappa shape index (κ3) is 4.48. The number of rotatable bonds is 6. The molecule has 0 bridgehead atoms. The van der Waals surface area contributed by atoms with Crippen molar-refractivity contribution in [2.75, 3.05) is 24.5 Å². The molecule has 0 aliphatic carbocycles. The van der Waals surface area contributed by atoms with Gasteiger partial charge in [0, 0.05) is 25.3 Å². The summed E-state index contributed by atoms with van der Waals surface area (Å²) in [6.07, 6.45) is 4.99. The average molecular weight is 275 g/mol. The lowest BCUT2D eigenvalue weighted by molar-refractivity contribution is 0.550. The van der Waals surface area contributed by atoms with E-state index in [0.717, 1.165) is 19.5 Å². The van der Waals surface area contributed by atoms with Crippen LogP contribution in [0.25, 0.3) is 0 Å². The van der Waals surface area contributed by atoms with E-state index in [0.29, 0.717) is 5.92 Å². The van der Waals surface area contributed by atoms with Gasteiger partial charge in [-0.15, -0.1) is 0 Å². The summed E-state index contributed by atoms with van der Waals surface area (Å²) in [4.78, 5) is 7.27. The van der Waals surface area contributed by atoms with Crippen molar-refractivity contribution in [1.82, 2.24) is 10.3 Å². The molecule has 2 rings (SSSR count). The fraction of sp³-hybridized carbons (Fsp3) is 0.706. The Hall–Kier alpha value is -1.09. The van der Waals surface area contributed by atoms with Crippen molar-refractivity contribution in [3.8, 4) is 0 Å². The minimum absolute atomic E-state index is 0.698. The molecular weight excluding hydrogens is 246 g/mol. The molecule has 0 spiro atoms. The van der Waals surface area contributed by atoms with Gasteiger partial charge in [-0.1, -0.05) is 20.8 Å². The van der Waals surface area contributed by atoms with Crippen LogP contribution in [0.2, 0.25) is 0 Å². The van der Waals surface area contributed by atoms with Gasteiger partial charge < -0.3 is 10.2 Å². The molecule has 0 saturated carbocycles. The minimum atomic E-state index is 0.698. The average Bonchev–Trinajstić information content (AvgIpc) is 2.47. The highest BCUT2D eigenvalue weighted by atomic mass is 15.2.